The van der Waals surface area contributed by atoms with Crippen molar-refractivity contribution in [2.24, 2.45) is 0 Å². The maximum atomic E-state index is 13.9. The molecule has 20 heavy (non-hydrogen) atoms. The smallest absolute Gasteiger partial charge is 0.337 e. The number of aromatic carboxylic acids is 1. The number of halogens is 2. The molecule has 0 aliphatic rings. The molecule has 1 heterocycles. The van der Waals surface area contributed by atoms with E-state index in [4.69, 9.17) is 11.6 Å². The van der Waals surface area contributed by atoms with Crippen LogP contribution in [0.15, 0.2) is 36.4 Å². The van der Waals surface area contributed by atoms with Crippen molar-refractivity contribution in [3.8, 4) is 5.69 Å². The molecule has 3 aromatic rings. The average molecular weight is 292 g/mol. The number of rotatable bonds is 2. The van der Waals surface area contributed by atoms with E-state index in [1.165, 1.54) is 24.3 Å². The van der Waals surface area contributed by atoms with Crippen LogP contribution in [-0.2, 0) is 0 Å². The highest BCUT2D eigenvalue weighted by molar-refractivity contribution is 6.30. The molecule has 0 spiro atoms. The van der Waals surface area contributed by atoms with Gasteiger partial charge in [-0.3, -0.25) is 0 Å². The van der Waals surface area contributed by atoms with Gasteiger partial charge in [-0.15, -0.1) is 5.10 Å². The Morgan fingerprint density at radius 2 is 2.10 bits per heavy atom. The van der Waals surface area contributed by atoms with Gasteiger partial charge in [0, 0.05) is 5.02 Å². The summed E-state index contributed by atoms with van der Waals surface area (Å²) in [5.74, 6) is -1.71. The van der Waals surface area contributed by atoms with Gasteiger partial charge in [-0.2, -0.15) is 0 Å². The van der Waals surface area contributed by atoms with E-state index in [9.17, 15) is 14.3 Å². The molecule has 0 saturated heterocycles. The normalized spacial score (nSPS) is 10.9. The van der Waals surface area contributed by atoms with Crippen molar-refractivity contribution in [2.45, 2.75) is 0 Å². The lowest BCUT2D eigenvalue weighted by atomic mass is 10.2. The minimum Gasteiger partial charge on any atom is -0.478 e. The predicted octanol–water partition coefficient (Wildman–Crippen LogP) is 2.91. The number of carbonyl (C=O) groups is 1. The quantitative estimate of drug-likeness (QED) is 0.788. The third kappa shape index (κ3) is 1.90. The molecule has 0 saturated carbocycles. The molecular weight excluding hydrogens is 285 g/mol. The van der Waals surface area contributed by atoms with E-state index in [1.807, 2.05) is 0 Å². The van der Waals surface area contributed by atoms with Crippen molar-refractivity contribution in [2.75, 3.05) is 0 Å². The van der Waals surface area contributed by atoms with E-state index in [1.54, 1.807) is 12.1 Å². The molecule has 0 bridgehead atoms. The van der Waals surface area contributed by atoms with Gasteiger partial charge in [0.2, 0.25) is 0 Å². The van der Waals surface area contributed by atoms with Gasteiger partial charge in [0.05, 0.1) is 5.56 Å². The third-order valence-electron chi connectivity index (χ3n) is 2.84. The van der Waals surface area contributed by atoms with Gasteiger partial charge < -0.3 is 5.11 Å². The minimum absolute atomic E-state index is 0.00752. The summed E-state index contributed by atoms with van der Waals surface area (Å²) in [6.07, 6.45) is 0. The van der Waals surface area contributed by atoms with Crippen LogP contribution in [0.3, 0.4) is 0 Å². The van der Waals surface area contributed by atoms with Crippen LogP contribution in [0, 0.1) is 5.82 Å². The monoisotopic (exact) mass is 291 g/mol. The first-order valence-electron chi connectivity index (χ1n) is 5.61. The second-order valence-electron chi connectivity index (χ2n) is 4.08. The van der Waals surface area contributed by atoms with Crippen LogP contribution >= 0.6 is 11.6 Å². The molecule has 3 rings (SSSR count). The Kier molecular flexibility index (Phi) is 2.87. The molecule has 5 nitrogen and oxygen atoms in total. The topological polar surface area (TPSA) is 68.0 Å². The first kappa shape index (κ1) is 12.6. The van der Waals surface area contributed by atoms with Crippen molar-refractivity contribution in [1.29, 1.82) is 0 Å². The van der Waals surface area contributed by atoms with Crippen LogP contribution in [0.5, 0.6) is 0 Å². The van der Waals surface area contributed by atoms with Crippen molar-refractivity contribution in [3.05, 3.63) is 52.8 Å². The van der Waals surface area contributed by atoms with Crippen molar-refractivity contribution in [3.63, 3.8) is 0 Å². The number of hydrogen-bond donors (Lipinski definition) is 1. The van der Waals surface area contributed by atoms with E-state index in [0.29, 0.717) is 10.5 Å². The molecule has 100 valence electrons. The van der Waals surface area contributed by atoms with Gasteiger partial charge in [-0.05, 0) is 30.3 Å². The Balaban J connectivity index is 2.37. The summed E-state index contributed by atoms with van der Waals surface area (Å²) in [6, 6.07) is 8.52. The molecule has 2 aromatic carbocycles. The van der Waals surface area contributed by atoms with Crippen LogP contribution < -0.4 is 0 Å². The lowest BCUT2D eigenvalue weighted by Gasteiger charge is -2.06. The summed E-state index contributed by atoms with van der Waals surface area (Å²) in [7, 11) is 0. The first-order valence-corrected chi connectivity index (χ1v) is 5.99. The number of fused-ring (bicyclic) bond motifs is 1. The average Bonchev–Trinajstić information content (AvgIpc) is 2.85. The molecule has 0 amide bonds. The maximum Gasteiger partial charge on any atom is 0.337 e. The molecule has 0 unspecified atom stereocenters. The highest BCUT2D eigenvalue weighted by Crippen LogP contribution is 2.24. The highest BCUT2D eigenvalue weighted by Gasteiger charge is 2.17. The fraction of sp³-hybridized carbons (Fsp3) is 0. The molecule has 0 fully saturated rings. The summed E-state index contributed by atoms with van der Waals surface area (Å²) in [5, 5.41) is 17.2. The van der Waals surface area contributed by atoms with Gasteiger partial charge in [-0.25, -0.2) is 13.9 Å². The summed E-state index contributed by atoms with van der Waals surface area (Å²) < 4.78 is 15.0. The summed E-state index contributed by atoms with van der Waals surface area (Å²) >= 11 is 5.84. The van der Waals surface area contributed by atoms with Crippen LogP contribution in [0.25, 0.3) is 16.7 Å². The summed E-state index contributed by atoms with van der Waals surface area (Å²) in [5.41, 5.74) is 0.631. The number of carboxylic acid groups (broad SMARTS) is 1. The Hall–Kier alpha value is -2.47. The van der Waals surface area contributed by atoms with E-state index in [0.717, 1.165) is 4.68 Å². The zero-order valence-electron chi connectivity index (χ0n) is 9.92. The fourth-order valence-corrected chi connectivity index (χ4v) is 2.13. The minimum atomic E-state index is -1.14. The number of para-hydroxylation sites is 1. The van der Waals surface area contributed by atoms with Gasteiger partial charge in [-0.1, -0.05) is 22.9 Å². The Morgan fingerprint density at radius 1 is 1.30 bits per heavy atom. The molecule has 1 aromatic heterocycles. The maximum absolute atomic E-state index is 13.9. The van der Waals surface area contributed by atoms with Crippen LogP contribution in [0.4, 0.5) is 4.39 Å². The first-order chi connectivity index (χ1) is 9.58. The predicted molar refractivity (Wildman–Crippen MR) is 70.8 cm³/mol. The molecular formula is C13H7ClFN3O2. The number of aromatic nitrogens is 3. The van der Waals surface area contributed by atoms with E-state index >= 15 is 0 Å². The highest BCUT2D eigenvalue weighted by atomic mass is 35.5. The summed E-state index contributed by atoms with van der Waals surface area (Å²) in [4.78, 5) is 11.3. The van der Waals surface area contributed by atoms with E-state index < -0.39 is 11.8 Å². The zero-order valence-corrected chi connectivity index (χ0v) is 10.7. The van der Waals surface area contributed by atoms with E-state index in [-0.39, 0.29) is 16.8 Å². The standard InChI is InChI=1S/C13H7ClFN3O2/c14-7-4-5-9(15)11(6-7)18-12-8(13(19)20)2-1-3-10(12)16-17-18/h1-6H,(H,19,20). The SMILES string of the molecule is O=C(O)c1cccc2nnn(-c3cc(Cl)ccc3F)c12. The van der Waals surface area contributed by atoms with Crippen molar-refractivity contribution in [1.82, 2.24) is 15.0 Å². The lowest BCUT2D eigenvalue weighted by Crippen LogP contribution is -2.05. The van der Waals surface area contributed by atoms with Gasteiger partial charge >= 0.3 is 5.97 Å². The molecule has 7 heteroatoms. The molecule has 1 N–H and O–H groups in total. The molecule has 0 aliphatic carbocycles. The van der Waals surface area contributed by atoms with Crippen LogP contribution in [0.2, 0.25) is 5.02 Å². The van der Waals surface area contributed by atoms with Crippen LogP contribution in [0.1, 0.15) is 10.4 Å². The van der Waals surface area contributed by atoms with Crippen molar-refractivity contribution < 1.29 is 14.3 Å². The van der Waals surface area contributed by atoms with Gasteiger partial charge in [0.15, 0.2) is 0 Å². The van der Waals surface area contributed by atoms with Crippen molar-refractivity contribution >= 4 is 28.6 Å². The lowest BCUT2D eigenvalue weighted by molar-refractivity contribution is 0.0698. The number of nitrogens with zero attached hydrogens (tertiary/aromatic N) is 3. The molecule has 0 aliphatic heterocycles. The zero-order chi connectivity index (χ0) is 14.3. The largest absolute Gasteiger partial charge is 0.478 e. The third-order valence-corrected chi connectivity index (χ3v) is 3.07. The fourth-order valence-electron chi connectivity index (χ4n) is 1.96. The van der Waals surface area contributed by atoms with E-state index in [2.05, 4.69) is 10.3 Å². The number of carboxylic acids is 1. The van der Waals surface area contributed by atoms with Gasteiger partial charge in [0.25, 0.3) is 0 Å². The Labute approximate surface area is 117 Å². The second-order valence-corrected chi connectivity index (χ2v) is 4.51. The van der Waals surface area contributed by atoms with Crippen LogP contribution in [-0.4, -0.2) is 26.1 Å². The Bertz CT molecular complexity index is 832. The second kappa shape index (κ2) is 4.57. The molecule has 0 radical (unpaired) electrons. The number of hydrogen-bond acceptors (Lipinski definition) is 3. The summed E-state index contributed by atoms with van der Waals surface area (Å²) in [6.45, 7) is 0. The number of benzene rings is 2. The molecule has 0 atom stereocenters. The van der Waals surface area contributed by atoms with Gasteiger partial charge in [0.1, 0.15) is 22.5 Å². The Morgan fingerprint density at radius 3 is 2.85 bits per heavy atom.